The van der Waals surface area contributed by atoms with Crippen molar-refractivity contribution < 1.29 is 23.5 Å². The highest BCUT2D eigenvalue weighted by molar-refractivity contribution is 6.32. The molecule has 2 aromatic rings. The number of methoxy groups -OCH3 is 1. The van der Waals surface area contributed by atoms with E-state index in [0.29, 0.717) is 30.2 Å². The summed E-state index contributed by atoms with van der Waals surface area (Å²) in [4.78, 5) is 25.1. The van der Waals surface area contributed by atoms with Crippen LogP contribution in [0, 0.1) is 17.2 Å². The zero-order valence-corrected chi connectivity index (χ0v) is 19.6. The van der Waals surface area contributed by atoms with Crippen LogP contribution >= 0.6 is 23.2 Å². The molecule has 0 saturated heterocycles. The number of nitrogens with one attached hydrogen (secondary N) is 2. The van der Waals surface area contributed by atoms with E-state index in [0.717, 1.165) is 24.5 Å². The lowest BCUT2D eigenvalue weighted by Crippen LogP contribution is -2.45. The van der Waals surface area contributed by atoms with E-state index in [9.17, 15) is 14.0 Å². The lowest BCUT2D eigenvalue weighted by molar-refractivity contribution is -0.134. The van der Waals surface area contributed by atoms with Crippen LogP contribution in [0.3, 0.4) is 0 Å². The van der Waals surface area contributed by atoms with Gasteiger partial charge < -0.3 is 20.1 Å². The van der Waals surface area contributed by atoms with Gasteiger partial charge in [0.15, 0.2) is 6.61 Å². The summed E-state index contributed by atoms with van der Waals surface area (Å²) in [5, 5.41) is 6.53. The van der Waals surface area contributed by atoms with Gasteiger partial charge in [-0.25, -0.2) is 4.39 Å². The molecule has 1 atom stereocenters. The molecule has 0 aromatic heterocycles. The molecule has 0 radical (unpaired) electrons. The molecular weight excluding hydrogens is 470 g/mol. The van der Waals surface area contributed by atoms with Crippen LogP contribution in [0.5, 0.6) is 11.5 Å². The SMILES string of the molecule is COc1ccc(CCNC(=O)C23CC(C2)C(NC(=O)COc2ccc(Cl)c(F)c2)C3)cc1Cl. The zero-order chi connectivity index (χ0) is 23.6. The molecule has 3 aliphatic rings. The smallest absolute Gasteiger partial charge is 0.258 e. The number of amides is 2. The standard InChI is InChI=1S/C24H25Cl2FN2O4/c1-32-21-5-2-14(8-18(21)26)6-7-28-23(31)24-10-15(11-24)20(12-24)29-22(30)13-33-16-3-4-17(25)19(27)9-16/h2-5,8-9,15,20H,6-7,10-13H2,1H3,(H,28,31)(H,29,30). The third-order valence-corrected chi connectivity index (χ3v) is 7.09. The minimum atomic E-state index is -0.603. The number of benzene rings is 2. The first kappa shape index (κ1) is 23.6. The minimum Gasteiger partial charge on any atom is -0.495 e. The Morgan fingerprint density at radius 2 is 1.91 bits per heavy atom. The number of carbonyl (C=O) groups excluding carboxylic acids is 2. The molecular formula is C24H25Cl2FN2O4. The highest BCUT2D eigenvalue weighted by Crippen LogP contribution is 2.58. The Kier molecular flexibility index (Phi) is 7.00. The summed E-state index contributed by atoms with van der Waals surface area (Å²) in [6.07, 6.45) is 2.81. The van der Waals surface area contributed by atoms with Crippen molar-refractivity contribution in [1.82, 2.24) is 10.6 Å². The highest BCUT2D eigenvalue weighted by Gasteiger charge is 2.60. The van der Waals surface area contributed by atoms with Crippen molar-refractivity contribution in [2.45, 2.75) is 31.7 Å². The van der Waals surface area contributed by atoms with Gasteiger partial charge in [0.25, 0.3) is 5.91 Å². The van der Waals surface area contributed by atoms with E-state index in [-0.39, 0.29) is 41.2 Å². The Labute approximate surface area is 201 Å². The first-order valence-corrected chi connectivity index (χ1v) is 11.5. The van der Waals surface area contributed by atoms with Crippen LogP contribution in [0.25, 0.3) is 0 Å². The van der Waals surface area contributed by atoms with Crippen LogP contribution in [0.15, 0.2) is 36.4 Å². The summed E-state index contributed by atoms with van der Waals surface area (Å²) in [5.74, 6) is 0.269. The third-order valence-electron chi connectivity index (χ3n) is 6.49. The van der Waals surface area contributed by atoms with Gasteiger partial charge in [0.1, 0.15) is 17.3 Å². The van der Waals surface area contributed by atoms with Crippen molar-refractivity contribution in [2.24, 2.45) is 11.3 Å². The quantitative estimate of drug-likeness (QED) is 0.548. The molecule has 2 N–H and O–H groups in total. The summed E-state index contributed by atoms with van der Waals surface area (Å²) in [6.45, 7) is 0.282. The number of carbonyl (C=O) groups is 2. The molecule has 1 unspecified atom stereocenters. The largest absolute Gasteiger partial charge is 0.495 e. The molecule has 2 amide bonds. The molecule has 5 rings (SSSR count). The Hall–Kier alpha value is -2.51. The first-order valence-electron chi connectivity index (χ1n) is 10.8. The molecule has 3 fully saturated rings. The maximum absolute atomic E-state index is 13.5. The fourth-order valence-electron chi connectivity index (χ4n) is 4.77. The molecule has 0 aliphatic heterocycles. The summed E-state index contributed by atoms with van der Waals surface area (Å²) in [5.41, 5.74) is 0.600. The van der Waals surface area contributed by atoms with Gasteiger partial charge in [0.2, 0.25) is 5.91 Å². The Morgan fingerprint density at radius 3 is 2.61 bits per heavy atom. The summed E-state index contributed by atoms with van der Waals surface area (Å²) < 4.78 is 24.0. The van der Waals surface area contributed by atoms with Crippen LogP contribution in [-0.4, -0.2) is 38.1 Å². The number of halogens is 3. The summed E-state index contributed by atoms with van der Waals surface area (Å²) in [6, 6.07) is 9.54. The molecule has 9 heteroatoms. The molecule has 0 spiro atoms. The summed E-state index contributed by atoms with van der Waals surface area (Å²) in [7, 11) is 1.57. The van der Waals surface area contributed by atoms with Gasteiger partial charge in [-0.05, 0) is 61.4 Å². The monoisotopic (exact) mass is 494 g/mol. The van der Waals surface area contributed by atoms with E-state index in [2.05, 4.69) is 10.6 Å². The van der Waals surface area contributed by atoms with E-state index in [1.165, 1.54) is 12.1 Å². The predicted molar refractivity (Wildman–Crippen MR) is 123 cm³/mol. The van der Waals surface area contributed by atoms with Crippen LogP contribution in [0.2, 0.25) is 10.0 Å². The maximum atomic E-state index is 13.5. The fourth-order valence-corrected chi connectivity index (χ4v) is 5.16. The molecule has 176 valence electrons. The van der Waals surface area contributed by atoms with Gasteiger partial charge in [-0.1, -0.05) is 29.3 Å². The van der Waals surface area contributed by atoms with Crippen LogP contribution in [0.4, 0.5) is 4.39 Å². The highest BCUT2D eigenvalue weighted by atomic mass is 35.5. The average molecular weight is 495 g/mol. The minimum absolute atomic E-state index is 0.00564. The second-order valence-corrected chi connectivity index (χ2v) is 9.48. The molecule has 3 aliphatic carbocycles. The van der Waals surface area contributed by atoms with Crippen molar-refractivity contribution in [3.05, 3.63) is 57.8 Å². The Balaban J connectivity index is 1.21. The second-order valence-electron chi connectivity index (χ2n) is 8.67. The van der Waals surface area contributed by atoms with Crippen LogP contribution < -0.4 is 20.1 Å². The summed E-state index contributed by atoms with van der Waals surface area (Å²) >= 11 is 11.8. The van der Waals surface area contributed by atoms with Gasteiger partial charge in [-0.2, -0.15) is 0 Å². The Bertz CT molecular complexity index is 1060. The van der Waals surface area contributed by atoms with Crippen LogP contribution in [0.1, 0.15) is 24.8 Å². The first-order chi connectivity index (χ1) is 15.8. The topological polar surface area (TPSA) is 76.7 Å². The van der Waals surface area contributed by atoms with E-state index in [1.807, 2.05) is 18.2 Å². The lowest BCUT2D eigenvalue weighted by atomic mass is 9.69. The maximum Gasteiger partial charge on any atom is 0.258 e. The normalized spacial score (nSPS) is 22.9. The number of ether oxygens (including phenoxy) is 2. The Morgan fingerprint density at radius 1 is 1.12 bits per heavy atom. The molecule has 0 heterocycles. The molecule has 6 nitrogen and oxygen atoms in total. The van der Waals surface area contributed by atoms with Gasteiger partial charge >= 0.3 is 0 Å². The van der Waals surface area contributed by atoms with Crippen molar-refractivity contribution in [3.8, 4) is 11.5 Å². The van der Waals surface area contributed by atoms with E-state index in [4.69, 9.17) is 32.7 Å². The van der Waals surface area contributed by atoms with E-state index >= 15 is 0 Å². The molecule has 2 aromatic carbocycles. The second kappa shape index (κ2) is 9.77. The molecule has 33 heavy (non-hydrogen) atoms. The number of hydrogen-bond acceptors (Lipinski definition) is 4. The van der Waals surface area contributed by atoms with Crippen LogP contribution in [-0.2, 0) is 16.0 Å². The van der Waals surface area contributed by atoms with E-state index < -0.39 is 11.2 Å². The number of fused-ring (bicyclic) bond motifs is 1. The van der Waals surface area contributed by atoms with Crippen molar-refractivity contribution in [1.29, 1.82) is 0 Å². The van der Waals surface area contributed by atoms with Gasteiger partial charge in [0, 0.05) is 18.7 Å². The van der Waals surface area contributed by atoms with E-state index in [1.54, 1.807) is 7.11 Å². The van der Waals surface area contributed by atoms with Crippen molar-refractivity contribution in [2.75, 3.05) is 20.3 Å². The van der Waals surface area contributed by atoms with Gasteiger partial charge in [-0.3, -0.25) is 9.59 Å². The fraction of sp³-hybridized carbons (Fsp3) is 0.417. The number of hydrogen-bond donors (Lipinski definition) is 2. The average Bonchev–Trinajstić information content (AvgIpc) is 3.30. The third kappa shape index (κ3) is 5.20. The van der Waals surface area contributed by atoms with Crippen molar-refractivity contribution >= 4 is 35.0 Å². The van der Waals surface area contributed by atoms with Gasteiger partial charge in [-0.15, -0.1) is 0 Å². The number of rotatable bonds is 9. The molecule has 3 saturated carbocycles. The predicted octanol–water partition coefficient (Wildman–Crippen LogP) is 4.16. The zero-order valence-electron chi connectivity index (χ0n) is 18.1. The van der Waals surface area contributed by atoms with Crippen molar-refractivity contribution in [3.63, 3.8) is 0 Å². The van der Waals surface area contributed by atoms with Gasteiger partial charge in [0.05, 0.1) is 22.6 Å². The molecule has 2 bridgehead atoms. The lowest BCUT2D eigenvalue weighted by Gasteiger charge is -2.36.